The monoisotopic (exact) mass is 207 g/mol. The minimum atomic E-state index is 0.874. The van der Waals surface area contributed by atoms with E-state index in [4.69, 9.17) is 0 Å². The van der Waals surface area contributed by atoms with Crippen LogP contribution in [0.25, 0.3) is 0 Å². The van der Waals surface area contributed by atoms with Crippen LogP contribution in [-0.4, -0.2) is 12.1 Å². The van der Waals surface area contributed by atoms with Crippen molar-refractivity contribution in [2.45, 2.75) is 70.4 Å². The maximum atomic E-state index is 3.88. The van der Waals surface area contributed by atoms with Crippen molar-refractivity contribution in [3.05, 3.63) is 0 Å². The molecule has 1 heteroatoms. The number of hydrogen-bond donors (Lipinski definition) is 1. The summed E-state index contributed by atoms with van der Waals surface area (Å²) in [5.74, 6) is 3.15. The van der Waals surface area contributed by atoms with E-state index in [0.29, 0.717) is 0 Å². The van der Waals surface area contributed by atoms with Gasteiger partial charge in [0, 0.05) is 12.1 Å². The molecular formula is C14H25N. The van der Waals surface area contributed by atoms with E-state index < -0.39 is 0 Å². The summed E-state index contributed by atoms with van der Waals surface area (Å²) in [6, 6.07) is 1.76. The average Bonchev–Trinajstić information content (AvgIpc) is 2.94. The molecule has 3 fully saturated rings. The molecule has 3 aliphatic carbocycles. The van der Waals surface area contributed by atoms with Crippen molar-refractivity contribution in [1.82, 2.24) is 5.32 Å². The maximum Gasteiger partial charge on any atom is 0.00989 e. The topological polar surface area (TPSA) is 12.0 Å². The highest BCUT2D eigenvalue weighted by Gasteiger charge is 2.37. The number of nitrogens with one attached hydrogen (secondary N) is 1. The zero-order chi connectivity index (χ0) is 10.3. The molecule has 0 bridgehead atoms. The lowest BCUT2D eigenvalue weighted by molar-refractivity contribution is 0.142. The van der Waals surface area contributed by atoms with E-state index >= 15 is 0 Å². The van der Waals surface area contributed by atoms with Crippen LogP contribution in [0.2, 0.25) is 0 Å². The van der Waals surface area contributed by atoms with Gasteiger partial charge in [0.25, 0.3) is 0 Å². The lowest BCUT2D eigenvalue weighted by atomic mass is 9.69. The molecule has 86 valence electrons. The second-order valence-corrected chi connectivity index (χ2v) is 6.30. The lowest BCUT2D eigenvalue weighted by Crippen LogP contribution is -2.40. The van der Waals surface area contributed by atoms with Gasteiger partial charge in [-0.3, -0.25) is 0 Å². The Balaban J connectivity index is 1.51. The van der Waals surface area contributed by atoms with Gasteiger partial charge in [-0.1, -0.05) is 32.6 Å². The van der Waals surface area contributed by atoms with Gasteiger partial charge < -0.3 is 5.32 Å². The Labute approximate surface area is 94.0 Å². The van der Waals surface area contributed by atoms with Crippen molar-refractivity contribution in [3.63, 3.8) is 0 Å². The molecule has 15 heavy (non-hydrogen) atoms. The molecule has 0 aromatic carbocycles. The second kappa shape index (κ2) is 4.08. The molecule has 5 unspecified atom stereocenters. The third-order valence-corrected chi connectivity index (χ3v) is 5.10. The minimum Gasteiger partial charge on any atom is -0.311 e. The summed E-state index contributed by atoms with van der Waals surface area (Å²) in [5.41, 5.74) is 0. The summed E-state index contributed by atoms with van der Waals surface area (Å²) in [6.07, 6.45) is 12.0. The molecule has 0 saturated heterocycles. The summed E-state index contributed by atoms with van der Waals surface area (Å²) < 4.78 is 0. The zero-order valence-electron chi connectivity index (χ0n) is 10.0. The van der Waals surface area contributed by atoms with Gasteiger partial charge in [0.15, 0.2) is 0 Å². The summed E-state index contributed by atoms with van der Waals surface area (Å²) >= 11 is 0. The molecule has 1 nitrogen and oxygen atoms in total. The fourth-order valence-electron chi connectivity index (χ4n) is 3.88. The molecule has 1 N–H and O–H groups in total. The molecule has 5 atom stereocenters. The molecule has 3 rings (SSSR count). The van der Waals surface area contributed by atoms with Crippen LogP contribution in [0.3, 0.4) is 0 Å². The molecule has 0 radical (unpaired) electrons. The van der Waals surface area contributed by atoms with Crippen molar-refractivity contribution < 1.29 is 0 Å². The Bertz CT molecular complexity index is 225. The predicted molar refractivity (Wildman–Crippen MR) is 63.8 cm³/mol. The van der Waals surface area contributed by atoms with Crippen molar-refractivity contribution >= 4 is 0 Å². The Morgan fingerprint density at radius 1 is 0.867 bits per heavy atom. The molecule has 0 aromatic heterocycles. The van der Waals surface area contributed by atoms with Gasteiger partial charge in [0.05, 0.1) is 0 Å². The highest BCUT2D eigenvalue weighted by Crippen LogP contribution is 2.41. The first-order chi connectivity index (χ1) is 7.33. The van der Waals surface area contributed by atoms with Crippen LogP contribution in [0.4, 0.5) is 0 Å². The zero-order valence-corrected chi connectivity index (χ0v) is 10.0. The molecular weight excluding hydrogens is 182 g/mol. The van der Waals surface area contributed by atoms with Crippen molar-refractivity contribution in [1.29, 1.82) is 0 Å². The van der Waals surface area contributed by atoms with E-state index in [1.54, 1.807) is 0 Å². The largest absolute Gasteiger partial charge is 0.311 e. The Morgan fingerprint density at radius 2 is 1.60 bits per heavy atom. The first kappa shape index (κ1) is 10.1. The summed E-state index contributed by atoms with van der Waals surface area (Å²) in [5, 5.41) is 3.88. The fraction of sp³-hybridized carbons (Fsp3) is 1.00. The summed E-state index contributed by atoms with van der Waals surface area (Å²) in [4.78, 5) is 0. The van der Waals surface area contributed by atoms with Gasteiger partial charge >= 0.3 is 0 Å². The standard InChI is InChI=1S/C14H25N/c1-10-8-14(10)15-13-7-6-11-4-2-3-5-12(11)9-13/h10-15H,2-9H2,1H3. The van der Waals surface area contributed by atoms with Crippen molar-refractivity contribution in [2.75, 3.05) is 0 Å². The maximum absolute atomic E-state index is 3.88. The fourth-order valence-corrected chi connectivity index (χ4v) is 3.88. The van der Waals surface area contributed by atoms with Crippen molar-refractivity contribution in [3.8, 4) is 0 Å². The molecule has 0 spiro atoms. The lowest BCUT2D eigenvalue weighted by Gasteiger charge is -2.39. The van der Waals surface area contributed by atoms with Gasteiger partial charge in [-0.25, -0.2) is 0 Å². The SMILES string of the molecule is CC1CC1NC1CCC2CCCCC2C1. The molecule has 3 saturated carbocycles. The Morgan fingerprint density at radius 3 is 2.33 bits per heavy atom. The van der Waals surface area contributed by atoms with E-state index in [1.807, 2.05) is 0 Å². The average molecular weight is 207 g/mol. The van der Waals surface area contributed by atoms with Crippen molar-refractivity contribution in [2.24, 2.45) is 17.8 Å². The van der Waals surface area contributed by atoms with Gasteiger partial charge in [-0.2, -0.15) is 0 Å². The number of fused-ring (bicyclic) bond motifs is 1. The van der Waals surface area contributed by atoms with E-state index in [2.05, 4.69) is 12.2 Å². The van der Waals surface area contributed by atoms with E-state index in [9.17, 15) is 0 Å². The van der Waals surface area contributed by atoms with Gasteiger partial charge in [-0.05, 0) is 43.4 Å². The summed E-state index contributed by atoms with van der Waals surface area (Å²) in [6.45, 7) is 2.38. The predicted octanol–water partition coefficient (Wildman–Crippen LogP) is 3.34. The number of rotatable bonds is 2. The van der Waals surface area contributed by atoms with E-state index in [1.165, 1.54) is 51.4 Å². The smallest absolute Gasteiger partial charge is 0.00989 e. The third-order valence-electron chi connectivity index (χ3n) is 5.10. The van der Waals surface area contributed by atoms with Crippen LogP contribution in [0.1, 0.15) is 58.3 Å². The molecule has 0 aromatic rings. The molecule has 3 aliphatic rings. The third kappa shape index (κ3) is 2.22. The normalized spacial score (nSPS) is 49.8. The second-order valence-electron chi connectivity index (χ2n) is 6.30. The first-order valence-corrected chi connectivity index (χ1v) is 7.09. The van der Waals surface area contributed by atoms with E-state index in [-0.39, 0.29) is 0 Å². The first-order valence-electron chi connectivity index (χ1n) is 7.09. The van der Waals surface area contributed by atoms with Crippen LogP contribution in [-0.2, 0) is 0 Å². The van der Waals surface area contributed by atoms with Crippen LogP contribution < -0.4 is 5.32 Å². The van der Waals surface area contributed by atoms with Crippen LogP contribution >= 0.6 is 0 Å². The number of hydrogen-bond acceptors (Lipinski definition) is 1. The molecule has 0 aliphatic heterocycles. The Hall–Kier alpha value is -0.0400. The molecule has 0 heterocycles. The highest BCUT2D eigenvalue weighted by atomic mass is 15.0. The van der Waals surface area contributed by atoms with Gasteiger partial charge in [0.1, 0.15) is 0 Å². The van der Waals surface area contributed by atoms with Crippen LogP contribution in [0.5, 0.6) is 0 Å². The minimum absolute atomic E-state index is 0.874. The highest BCUT2D eigenvalue weighted by molar-refractivity contribution is 4.94. The van der Waals surface area contributed by atoms with Crippen LogP contribution in [0.15, 0.2) is 0 Å². The van der Waals surface area contributed by atoms with Gasteiger partial charge in [-0.15, -0.1) is 0 Å². The quantitative estimate of drug-likeness (QED) is 0.732. The van der Waals surface area contributed by atoms with E-state index in [0.717, 1.165) is 29.8 Å². The summed E-state index contributed by atoms with van der Waals surface area (Å²) in [7, 11) is 0. The van der Waals surface area contributed by atoms with Gasteiger partial charge in [0.2, 0.25) is 0 Å². The molecule has 0 amide bonds. The van der Waals surface area contributed by atoms with Crippen LogP contribution in [0, 0.1) is 17.8 Å². The Kier molecular flexibility index (Phi) is 2.76.